The number of quaternary nitrogens is 1. The maximum Gasteiger partial charge on any atom is 0.297 e. The maximum atomic E-state index is 13.1. The second-order valence-electron chi connectivity index (χ2n) is 7.07. The highest BCUT2D eigenvalue weighted by Gasteiger charge is 2.27. The van der Waals surface area contributed by atoms with E-state index in [1.54, 1.807) is 5.01 Å². The molecule has 1 saturated heterocycles. The van der Waals surface area contributed by atoms with Gasteiger partial charge in [-0.05, 0) is 29.8 Å². The number of hydrogen-bond donors (Lipinski definition) is 1. The number of halogens is 1. The number of hydrogen-bond acceptors (Lipinski definition) is 3. The monoisotopic (exact) mass is 367 g/mol. The van der Waals surface area contributed by atoms with E-state index in [9.17, 15) is 9.18 Å². The Morgan fingerprint density at radius 2 is 1.70 bits per heavy atom. The molecule has 0 atom stereocenters. The van der Waals surface area contributed by atoms with Crippen molar-refractivity contribution in [3.63, 3.8) is 0 Å². The average Bonchev–Trinajstić information content (AvgIpc) is 3.20. The number of nitrogens with one attached hydrogen (secondary N) is 1. The summed E-state index contributed by atoms with van der Waals surface area (Å²) < 4.78 is 13.1. The van der Waals surface area contributed by atoms with Gasteiger partial charge in [0.25, 0.3) is 5.91 Å². The smallest absolute Gasteiger partial charge is 0.297 e. The van der Waals surface area contributed by atoms with Crippen LogP contribution in [-0.2, 0) is 4.79 Å². The molecular weight excluding hydrogens is 343 g/mol. The normalized spacial score (nSPS) is 17.9. The summed E-state index contributed by atoms with van der Waals surface area (Å²) in [6.45, 7) is 4.67. The zero-order chi connectivity index (χ0) is 18.6. The fourth-order valence-corrected chi connectivity index (χ4v) is 3.69. The molecule has 4 rings (SSSR count). The summed E-state index contributed by atoms with van der Waals surface area (Å²) in [5.74, 6) is -0.124. The van der Waals surface area contributed by atoms with Crippen molar-refractivity contribution in [1.82, 2.24) is 5.01 Å². The van der Waals surface area contributed by atoms with Crippen LogP contribution in [-0.4, -0.2) is 55.9 Å². The van der Waals surface area contributed by atoms with Gasteiger partial charge in [-0.2, -0.15) is 5.10 Å². The molecule has 6 heteroatoms. The van der Waals surface area contributed by atoms with Crippen LogP contribution >= 0.6 is 0 Å². The van der Waals surface area contributed by atoms with Crippen molar-refractivity contribution in [3.8, 4) is 0 Å². The molecule has 2 aliphatic heterocycles. The summed E-state index contributed by atoms with van der Waals surface area (Å²) in [5, 5.41) is 6.16. The van der Waals surface area contributed by atoms with E-state index in [2.05, 4.69) is 10.0 Å². The molecule has 1 amide bonds. The van der Waals surface area contributed by atoms with Gasteiger partial charge in [0.2, 0.25) is 0 Å². The summed E-state index contributed by atoms with van der Waals surface area (Å²) >= 11 is 0. The first-order chi connectivity index (χ1) is 13.2. The molecule has 140 valence electrons. The van der Waals surface area contributed by atoms with Crippen molar-refractivity contribution < 1.29 is 14.1 Å². The Morgan fingerprint density at radius 3 is 2.41 bits per heavy atom. The summed E-state index contributed by atoms with van der Waals surface area (Å²) in [7, 11) is 0. The number of carbonyl (C=O) groups excluding carboxylic acids is 1. The van der Waals surface area contributed by atoms with Crippen molar-refractivity contribution in [2.75, 3.05) is 44.2 Å². The molecule has 0 radical (unpaired) electrons. The van der Waals surface area contributed by atoms with E-state index in [0.717, 1.165) is 49.6 Å². The van der Waals surface area contributed by atoms with Crippen LogP contribution in [0.3, 0.4) is 0 Å². The number of anilines is 1. The van der Waals surface area contributed by atoms with Gasteiger partial charge in [-0.1, -0.05) is 30.3 Å². The van der Waals surface area contributed by atoms with Gasteiger partial charge in [-0.15, -0.1) is 0 Å². The summed E-state index contributed by atoms with van der Waals surface area (Å²) in [5.41, 5.74) is 3.12. The molecule has 2 heterocycles. The quantitative estimate of drug-likeness (QED) is 0.881. The Kier molecular flexibility index (Phi) is 5.16. The lowest BCUT2D eigenvalue weighted by Crippen LogP contribution is -3.15. The van der Waals surface area contributed by atoms with Gasteiger partial charge in [0.1, 0.15) is 5.82 Å². The van der Waals surface area contributed by atoms with Crippen molar-refractivity contribution in [2.45, 2.75) is 6.42 Å². The number of hydrazone groups is 1. The van der Waals surface area contributed by atoms with Gasteiger partial charge in [0, 0.05) is 12.1 Å². The molecule has 2 aromatic rings. The van der Waals surface area contributed by atoms with Crippen LogP contribution in [0.1, 0.15) is 12.0 Å². The molecule has 0 saturated carbocycles. The average molecular weight is 367 g/mol. The van der Waals surface area contributed by atoms with E-state index in [1.165, 1.54) is 17.0 Å². The Hall–Kier alpha value is -2.73. The molecule has 1 fully saturated rings. The summed E-state index contributed by atoms with van der Waals surface area (Å²) in [6.07, 6.45) is 0.809. The number of benzene rings is 2. The van der Waals surface area contributed by atoms with Crippen LogP contribution in [0.15, 0.2) is 59.7 Å². The molecule has 5 nitrogen and oxygen atoms in total. The van der Waals surface area contributed by atoms with Crippen molar-refractivity contribution >= 4 is 17.3 Å². The fraction of sp³-hybridized carbons (Fsp3) is 0.333. The van der Waals surface area contributed by atoms with E-state index in [-0.39, 0.29) is 11.7 Å². The lowest BCUT2D eigenvalue weighted by atomic mass is 10.1. The third-order valence-electron chi connectivity index (χ3n) is 5.26. The first-order valence-corrected chi connectivity index (χ1v) is 9.46. The molecule has 0 bridgehead atoms. The van der Waals surface area contributed by atoms with Crippen LogP contribution < -0.4 is 9.80 Å². The molecule has 0 aliphatic carbocycles. The highest BCUT2D eigenvalue weighted by molar-refractivity contribution is 6.02. The van der Waals surface area contributed by atoms with Crippen molar-refractivity contribution in [2.24, 2.45) is 5.10 Å². The van der Waals surface area contributed by atoms with Gasteiger partial charge >= 0.3 is 0 Å². The molecule has 1 N–H and O–H groups in total. The van der Waals surface area contributed by atoms with E-state index in [0.29, 0.717) is 13.1 Å². The number of piperazine rings is 1. The minimum absolute atomic E-state index is 0.0890. The Labute approximate surface area is 158 Å². The van der Waals surface area contributed by atoms with Crippen LogP contribution in [0, 0.1) is 5.82 Å². The standard InChI is InChI=1S/C21H23FN4O/c22-18-6-8-19(9-7-18)25-14-12-24(13-15-25)16-21(27)26-11-10-20(23-26)17-4-2-1-3-5-17/h1-9H,10-16H2/p+1. The molecule has 2 aliphatic rings. The van der Waals surface area contributed by atoms with E-state index in [1.807, 2.05) is 42.5 Å². The van der Waals surface area contributed by atoms with Crippen LogP contribution in [0.5, 0.6) is 0 Å². The maximum absolute atomic E-state index is 13.1. The van der Waals surface area contributed by atoms with Gasteiger partial charge < -0.3 is 9.80 Å². The Balaban J connectivity index is 1.30. The first-order valence-electron chi connectivity index (χ1n) is 9.46. The van der Waals surface area contributed by atoms with Crippen LogP contribution in [0.2, 0.25) is 0 Å². The van der Waals surface area contributed by atoms with Gasteiger partial charge in [0.05, 0.1) is 38.4 Å². The van der Waals surface area contributed by atoms with Crippen LogP contribution in [0.25, 0.3) is 0 Å². The second kappa shape index (κ2) is 7.88. The molecule has 27 heavy (non-hydrogen) atoms. The molecule has 0 aromatic heterocycles. The molecule has 2 aromatic carbocycles. The Bertz CT molecular complexity index is 814. The minimum atomic E-state index is -0.213. The van der Waals surface area contributed by atoms with Crippen LogP contribution in [0.4, 0.5) is 10.1 Å². The third-order valence-corrected chi connectivity index (χ3v) is 5.26. The number of nitrogens with zero attached hydrogens (tertiary/aromatic N) is 3. The fourth-order valence-electron chi connectivity index (χ4n) is 3.69. The summed E-state index contributed by atoms with van der Waals surface area (Å²) in [4.78, 5) is 16.1. The largest absolute Gasteiger partial charge is 0.360 e. The number of carbonyl (C=O) groups is 1. The van der Waals surface area contributed by atoms with E-state index in [4.69, 9.17) is 0 Å². The SMILES string of the molecule is O=C(C[NH+]1CCN(c2ccc(F)cc2)CC1)N1CCC(c2ccccc2)=N1. The Morgan fingerprint density at radius 1 is 1.00 bits per heavy atom. The zero-order valence-electron chi connectivity index (χ0n) is 15.3. The van der Waals surface area contributed by atoms with Crippen molar-refractivity contribution in [1.29, 1.82) is 0 Å². The lowest BCUT2D eigenvalue weighted by Gasteiger charge is -2.33. The van der Waals surface area contributed by atoms with Gasteiger partial charge in [0.15, 0.2) is 6.54 Å². The minimum Gasteiger partial charge on any atom is -0.360 e. The van der Waals surface area contributed by atoms with Crippen molar-refractivity contribution in [3.05, 3.63) is 66.0 Å². The van der Waals surface area contributed by atoms with Gasteiger partial charge in [-0.25, -0.2) is 9.40 Å². The third kappa shape index (κ3) is 4.17. The second-order valence-corrected chi connectivity index (χ2v) is 7.07. The molecule has 0 unspecified atom stereocenters. The lowest BCUT2D eigenvalue weighted by molar-refractivity contribution is -0.892. The topological polar surface area (TPSA) is 40.4 Å². The zero-order valence-corrected chi connectivity index (χ0v) is 15.3. The molecule has 0 spiro atoms. The highest BCUT2D eigenvalue weighted by Crippen LogP contribution is 2.15. The first kappa shape index (κ1) is 17.7. The summed E-state index contributed by atoms with van der Waals surface area (Å²) in [6, 6.07) is 16.7. The highest BCUT2D eigenvalue weighted by atomic mass is 19.1. The van der Waals surface area contributed by atoms with E-state index >= 15 is 0 Å². The number of rotatable bonds is 4. The van der Waals surface area contributed by atoms with E-state index < -0.39 is 0 Å². The predicted molar refractivity (Wildman–Crippen MR) is 103 cm³/mol. The number of amides is 1. The molecular formula is C21H24FN4O+. The predicted octanol–water partition coefficient (Wildman–Crippen LogP) is 1.17. The van der Waals surface area contributed by atoms with Gasteiger partial charge in [-0.3, -0.25) is 4.79 Å².